The number of sulfonamides is 1. The molecule has 0 spiro atoms. The Labute approximate surface area is 107 Å². The Morgan fingerprint density at radius 3 is 2.44 bits per heavy atom. The molecule has 0 aliphatic carbocycles. The van der Waals surface area contributed by atoms with Gasteiger partial charge in [-0.3, -0.25) is 4.31 Å². The molecule has 0 bridgehead atoms. The van der Waals surface area contributed by atoms with Gasteiger partial charge in [-0.2, -0.15) is 5.26 Å². The van der Waals surface area contributed by atoms with Crippen LogP contribution in [0.1, 0.15) is 20.3 Å². The second kappa shape index (κ2) is 5.83. The van der Waals surface area contributed by atoms with Crippen molar-refractivity contribution in [3.8, 4) is 6.07 Å². The fourth-order valence-corrected chi connectivity index (χ4v) is 3.31. The molecule has 0 aliphatic rings. The SMILES string of the molecule is CCC(C#N)S(=O)(=O)N(CC)c1ccccc1F. The predicted molar refractivity (Wildman–Crippen MR) is 68.0 cm³/mol. The van der Waals surface area contributed by atoms with E-state index in [0.717, 1.165) is 4.31 Å². The molecule has 0 aromatic heterocycles. The fraction of sp³-hybridized carbons (Fsp3) is 0.417. The van der Waals surface area contributed by atoms with Crippen molar-refractivity contribution in [2.75, 3.05) is 10.8 Å². The molecule has 0 saturated heterocycles. The van der Waals surface area contributed by atoms with Crippen molar-refractivity contribution in [1.29, 1.82) is 5.26 Å². The normalized spacial score (nSPS) is 12.8. The lowest BCUT2D eigenvalue weighted by atomic mass is 10.3. The van der Waals surface area contributed by atoms with E-state index in [1.165, 1.54) is 18.2 Å². The number of para-hydroxylation sites is 1. The highest BCUT2D eigenvalue weighted by atomic mass is 32.2. The van der Waals surface area contributed by atoms with Gasteiger partial charge in [-0.15, -0.1) is 0 Å². The van der Waals surface area contributed by atoms with Gasteiger partial charge >= 0.3 is 0 Å². The van der Waals surface area contributed by atoms with Crippen LogP contribution in [0.2, 0.25) is 0 Å². The van der Waals surface area contributed by atoms with Crippen LogP contribution in [0, 0.1) is 17.1 Å². The molecule has 0 N–H and O–H groups in total. The lowest BCUT2D eigenvalue weighted by Crippen LogP contribution is -2.38. The molecular weight excluding hydrogens is 255 g/mol. The minimum absolute atomic E-state index is 0.0197. The molecular formula is C12H15FN2O2S. The molecule has 1 aromatic carbocycles. The standard InChI is InChI=1S/C12H15FN2O2S/c1-3-10(9-14)18(16,17)15(4-2)12-8-6-5-7-11(12)13/h5-8,10H,3-4H2,1-2H3. The van der Waals surface area contributed by atoms with E-state index < -0.39 is 21.1 Å². The summed E-state index contributed by atoms with van der Waals surface area (Å²) in [6.45, 7) is 3.30. The Hall–Kier alpha value is -1.61. The van der Waals surface area contributed by atoms with Crippen LogP contribution in [0.25, 0.3) is 0 Å². The van der Waals surface area contributed by atoms with E-state index in [4.69, 9.17) is 5.26 Å². The topological polar surface area (TPSA) is 61.2 Å². The first-order chi connectivity index (χ1) is 8.48. The first-order valence-electron chi connectivity index (χ1n) is 5.64. The molecule has 1 aromatic rings. The molecule has 0 amide bonds. The van der Waals surface area contributed by atoms with E-state index in [0.29, 0.717) is 0 Å². The minimum Gasteiger partial charge on any atom is -0.266 e. The van der Waals surface area contributed by atoms with Gasteiger partial charge < -0.3 is 0 Å². The molecule has 1 atom stereocenters. The number of rotatable bonds is 5. The Kier molecular flexibility index (Phi) is 4.68. The Morgan fingerprint density at radius 1 is 1.39 bits per heavy atom. The molecule has 0 fully saturated rings. The summed E-state index contributed by atoms with van der Waals surface area (Å²) in [5, 5.41) is 7.72. The largest absolute Gasteiger partial charge is 0.266 e. The van der Waals surface area contributed by atoms with E-state index in [2.05, 4.69) is 0 Å². The Bertz CT molecular complexity index is 551. The Balaban J connectivity index is 3.28. The van der Waals surface area contributed by atoms with Crippen molar-refractivity contribution in [3.05, 3.63) is 30.1 Å². The zero-order valence-electron chi connectivity index (χ0n) is 10.3. The van der Waals surface area contributed by atoms with E-state index in [1.807, 2.05) is 0 Å². The van der Waals surface area contributed by atoms with Gasteiger partial charge in [0, 0.05) is 6.54 Å². The number of anilines is 1. The highest BCUT2D eigenvalue weighted by Crippen LogP contribution is 2.24. The lowest BCUT2D eigenvalue weighted by Gasteiger charge is -2.25. The van der Waals surface area contributed by atoms with Crippen molar-refractivity contribution in [3.63, 3.8) is 0 Å². The molecule has 0 aliphatic heterocycles. The molecule has 18 heavy (non-hydrogen) atoms. The third-order valence-electron chi connectivity index (χ3n) is 2.59. The Morgan fingerprint density at radius 2 is 2.00 bits per heavy atom. The van der Waals surface area contributed by atoms with Gasteiger partial charge in [0.25, 0.3) is 10.0 Å². The van der Waals surface area contributed by atoms with Crippen molar-refractivity contribution >= 4 is 15.7 Å². The average molecular weight is 270 g/mol. The van der Waals surface area contributed by atoms with E-state index in [1.54, 1.807) is 26.0 Å². The van der Waals surface area contributed by atoms with Gasteiger partial charge in [0.05, 0.1) is 11.8 Å². The summed E-state index contributed by atoms with van der Waals surface area (Å²) in [4.78, 5) is 0. The van der Waals surface area contributed by atoms with Gasteiger partial charge in [-0.1, -0.05) is 19.1 Å². The van der Waals surface area contributed by atoms with Crippen molar-refractivity contribution in [1.82, 2.24) is 0 Å². The molecule has 4 nitrogen and oxygen atoms in total. The number of nitriles is 1. The number of hydrogen-bond donors (Lipinski definition) is 0. The summed E-state index contributed by atoms with van der Waals surface area (Å²) < 4.78 is 39.0. The van der Waals surface area contributed by atoms with Crippen molar-refractivity contribution < 1.29 is 12.8 Å². The van der Waals surface area contributed by atoms with Crippen LogP contribution in [0.4, 0.5) is 10.1 Å². The molecule has 98 valence electrons. The van der Waals surface area contributed by atoms with Gasteiger partial charge in [0.2, 0.25) is 0 Å². The molecule has 0 saturated carbocycles. The third kappa shape index (κ3) is 2.62. The van der Waals surface area contributed by atoms with E-state index >= 15 is 0 Å². The second-order valence-corrected chi connectivity index (χ2v) is 5.73. The average Bonchev–Trinajstić information content (AvgIpc) is 2.33. The smallest absolute Gasteiger partial charge is 0.251 e. The van der Waals surface area contributed by atoms with Crippen molar-refractivity contribution in [2.45, 2.75) is 25.5 Å². The first kappa shape index (κ1) is 14.5. The monoisotopic (exact) mass is 270 g/mol. The van der Waals surface area contributed by atoms with Crippen LogP contribution in [-0.2, 0) is 10.0 Å². The van der Waals surface area contributed by atoms with E-state index in [9.17, 15) is 12.8 Å². The summed E-state index contributed by atoms with van der Waals surface area (Å²) in [7, 11) is -3.86. The predicted octanol–water partition coefficient (Wildman–Crippen LogP) is 2.28. The molecule has 1 rings (SSSR count). The number of hydrogen-bond acceptors (Lipinski definition) is 3. The van der Waals surface area contributed by atoms with Crippen LogP contribution >= 0.6 is 0 Å². The second-order valence-electron chi connectivity index (χ2n) is 3.69. The maximum absolute atomic E-state index is 13.6. The highest BCUT2D eigenvalue weighted by Gasteiger charge is 2.31. The summed E-state index contributed by atoms with van der Waals surface area (Å²) >= 11 is 0. The fourth-order valence-electron chi connectivity index (χ4n) is 1.66. The van der Waals surface area contributed by atoms with E-state index in [-0.39, 0.29) is 18.7 Å². The number of benzene rings is 1. The van der Waals surface area contributed by atoms with Crippen LogP contribution in [0.5, 0.6) is 0 Å². The summed E-state index contributed by atoms with van der Waals surface area (Å²) in [5.41, 5.74) is -0.0197. The van der Waals surface area contributed by atoms with Crippen LogP contribution in [0.15, 0.2) is 24.3 Å². The first-order valence-corrected chi connectivity index (χ1v) is 7.15. The molecule has 0 radical (unpaired) electrons. The molecule has 0 heterocycles. The van der Waals surface area contributed by atoms with Crippen LogP contribution < -0.4 is 4.31 Å². The molecule has 6 heteroatoms. The minimum atomic E-state index is -3.86. The number of nitrogens with zero attached hydrogens (tertiary/aromatic N) is 2. The maximum atomic E-state index is 13.6. The third-order valence-corrected chi connectivity index (χ3v) is 4.82. The zero-order chi connectivity index (χ0) is 13.8. The van der Waals surface area contributed by atoms with Crippen LogP contribution in [-0.4, -0.2) is 20.2 Å². The lowest BCUT2D eigenvalue weighted by molar-refractivity contribution is 0.578. The maximum Gasteiger partial charge on any atom is 0.251 e. The quantitative estimate of drug-likeness (QED) is 0.824. The van der Waals surface area contributed by atoms with Gasteiger partial charge in [-0.05, 0) is 25.5 Å². The summed E-state index contributed by atoms with van der Waals surface area (Å²) in [6, 6.07) is 7.38. The van der Waals surface area contributed by atoms with Crippen LogP contribution in [0.3, 0.4) is 0 Å². The molecule has 1 unspecified atom stereocenters. The highest BCUT2D eigenvalue weighted by molar-refractivity contribution is 7.93. The zero-order valence-corrected chi connectivity index (χ0v) is 11.1. The van der Waals surface area contributed by atoms with Gasteiger partial charge in [0.15, 0.2) is 5.25 Å². The van der Waals surface area contributed by atoms with Gasteiger partial charge in [0.1, 0.15) is 5.82 Å². The summed E-state index contributed by atoms with van der Waals surface area (Å²) in [6.07, 6.45) is 0.170. The summed E-state index contributed by atoms with van der Waals surface area (Å²) in [5.74, 6) is -0.615. The van der Waals surface area contributed by atoms with Gasteiger partial charge in [-0.25, -0.2) is 12.8 Å². The number of halogens is 1. The van der Waals surface area contributed by atoms with Crippen molar-refractivity contribution in [2.24, 2.45) is 0 Å².